The predicted octanol–water partition coefficient (Wildman–Crippen LogP) is 3.42. The Kier molecular flexibility index (Phi) is 4.83. The fourth-order valence-corrected chi connectivity index (χ4v) is 2.46. The minimum Gasteiger partial charge on any atom is -0.495 e. The summed E-state index contributed by atoms with van der Waals surface area (Å²) in [6.45, 7) is 0.703. The molecule has 0 aliphatic carbocycles. The molecular formula is C14H15IN2O. The zero-order chi connectivity index (χ0) is 12.8. The van der Waals surface area contributed by atoms with E-state index in [1.807, 2.05) is 42.5 Å². The van der Waals surface area contributed by atoms with Crippen molar-refractivity contribution in [2.45, 2.75) is 6.54 Å². The summed E-state index contributed by atoms with van der Waals surface area (Å²) in [5, 5.41) is 0. The second-order valence-corrected chi connectivity index (χ2v) is 4.94. The highest BCUT2D eigenvalue weighted by Crippen LogP contribution is 2.24. The maximum absolute atomic E-state index is 5.40. The van der Waals surface area contributed by atoms with Crippen LogP contribution in [-0.2, 0) is 6.54 Å². The zero-order valence-electron chi connectivity index (χ0n) is 10.1. The van der Waals surface area contributed by atoms with Crippen LogP contribution >= 0.6 is 22.6 Å². The van der Waals surface area contributed by atoms with E-state index in [0.717, 1.165) is 20.6 Å². The summed E-state index contributed by atoms with van der Waals surface area (Å²) in [6, 6.07) is 16.1. The molecule has 0 aliphatic rings. The maximum atomic E-state index is 5.40. The van der Waals surface area contributed by atoms with Gasteiger partial charge in [0, 0.05) is 17.8 Å². The Labute approximate surface area is 121 Å². The van der Waals surface area contributed by atoms with Crippen molar-refractivity contribution in [3.05, 3.63) is 57.7 Å². The van der Waals surface area contributed by atoms with Crippen LogP contribution in [0.1, 0.15) is 5.56 Å². The molecular weight excluding hydrogens is 339 g/mol. The van der Waals surface area contributed by atoms with Crippen molar-refractivity contribution in [2.24, 2.45) is 0 Å². The van der Waals surface area contributed by atoms with Crippen LogP contribution < -0.4 is 15.6 Å². The van der Waals surface area contributed by atoms with Crippen LogP contribution in [0.4, 0.5) is 5.69 Å². The molecule has 2 aromatic rings. The van der Waals surface area contributed by atoms with Crippen molar-refractivity contribution >= 4 is 28.3 Å². The summed E-state index contributed by atoms with van der Waals surface area (Å²) < 4.78 is 6.52. The maximum Gasteiger partial charge on any atom is 0.136 e. The lowest BCUT2D eigenvalue weighted by molar-refractivity contribution is 0.405. The normalized spacial score (nSPS) is 10.1. The van der Waals surface area contributed by atoms with Gasteiger partial charge in [0.1, 0.15) is 5.75 Å². The van der Waals surface area contributed by atoms with Gasteiger partial charge in [0.15, 0.2) is 0 Å². The average Bonchev–Trinajstić information content (AvgIpc) is 2.40. The van der Waals surface area contributed by atoms with Crippen molar-refractivity contribution in [3.8, 4) is 5.75 Å². The molecule has 2 rings (SSSR count). The summed E-state index contributed by atoms with van der Waals surface area (Å²) in [5.41, 5.74) is 8.52. The number of para-hydroxylation sites is 2. The van der Waals surface area contributed by atoms with E-state index < -0.39 is 0 Å². The van der Waals surface area contributed by atoms with Crippen LogP contribution in [0, 0.1) is 3.57 Å². The zero-order valence-corrected chi connectivity index (χ0v) is 12.3. The van der Waals surface area contributed by atoms with Gasteiger partial charge in [0.2, 0.25) is 0 Å². The van der Waals surface area contributed by atoms with E-state index in [1.165, 1.54) is 0 Å². The number of nitrogens with one attached hydrogen (secondary N) is 2. The third kappa shape index (κ3) is 3.36. The molecule has 4 heteroatoms. The largest absolute Gasteiger partial charge is 0.495 e. The molecule has 0 amide bonds. The number of methoxy groups -OCH3 is 1. The molecule has 0 unspecified atom stereocenters. The molecule has 3 nitrogen and oxygen atoms in total. The van der Waals surface area contributed by atoms with Gasteiger partial charge in [-0.2, -0.15) is 0 Å². The lowest BCUT2D eigenvalue weighted by atomic mass is 10.2. The van der Waals surface area contributed by atoms with Gasteiger partial charge < -0.3 is 10.2 Å². The summed E-state index contributed by atoms with van der Waals surface area (Å²) in [4.78, 5) is 0. The molecule has 2 N–H and O–H groups in total. The molecule has 0 aromatic heterocycles. The number of hydrogen-bond acceptors (Lipinski definition) is 3. The molecule has 0 fully saturated rings. The van der Waals surface area contributed by atoms with Crippen LogP contribution in [0.25, 0.3) is 0 Å². The van der Waals surface area contributed by atoms with Crippen LogP contribution in [0.5, 0.6) is 5.75 Å². The topological polar surface area (TPSA) is 33.3 Å². The molecule has 18 heavy (non-hydrogen) atoms. The van der Waals surface area contributed by atoms with E-state index in [1.54, 1.807) is 7.11 Å². The third-order valence-corrected chi connectivity index (χ3v) is 3.39. The van der Waals surface area contributed by atoms with E-state index in [2.05, 4.69) is 39.5 Å². The van der Waals surface area contributed by atoms with E-state index in [4.69, 9.17) is 4.74 Å². The molecule has 2 aromatic carbocycles. The number of rotatable bonds is 5. The minimum absolute atomic E-state index is 0.703. The molecule has 0 spiro atoms. The monoisotopic (exact) mass is 354 g/mol. The highest BCUT2D eigenvalue weighted by Gasteiger charge is 2.05. The molecule has 0 radical (unpaired) electrons. The standard InChI is InChI=1S/C14H15IN2O/c1-18-14-11(6-5-9-13(14)15)10-16-17-12-7-3-2-4-8-12/h2-9,16-17H,10H2,1H3. The number of ether oxygens (including phenoxy) is 1. The van der Waals surface area contributed by atoms with Gasteiger partial charge in [0.05, 0.1) is 10.7 Å². The van der Waals surface area contributed by atoms with Gasteiger partial charge in [0.25, 0.3) is 0 Å². The Bertz CT molecular complexity index is 502. The van der Waals surface area contributed by atoms with Gasteiger partial charge in [-0.15, -0.1) is 0 Å². The van der Waals surface area contributed by atoms with Gasteiger partial charge >= 0.3 is 0 Å². The fourth-order valence-electron chi connectivity index (χ4n) is 1.68. The van der Waals surface area contributed by atoms with Crippen LogP contribution in [0.15, 0.2) is 48.5 Å². The third-order valence-electron chi connectivity index (χ3n) is 2.54. The number of halogens is 1. The first kappa shape index (κ1) is 13.2. The van der Waals surface area contributed by atoms with Crippen molar-refractivity contribution in [2.75, 3.05) is 12.5 Å². The van der Waals surface area contributed by atoms with Crippen LogP contribution in [0.3, 0.4) is 0 Å². The Hall–Kier alpha value is -1.27. The summed E-state index contributed by atoms with van der Waals surface area (Å²) in [6.07, 6.45) is 0. The molecule has 94 valence electrons. The van der Waals surface area contributed by atoms with Crippen molar-refractivity contribution in [3.63, 3.8) is 0 Å². The lowest BCUT2D eigenvalue weighted by Crippen LogP contribution is -2.21. The Morgan fingerprint density at radius 1 is 1.06 bits per heavy atom. The minimum atomic E-state index is 0.703. The highest BCUT2D eigenvalue weighted by molar-refractivity contribution is 14.1. The van der Waals surface area contributed by atoms with E-state index in [0.29, 0.717) is 6.54 Å². The quantitative estimate of drug-likeness (QED) is 0.638. The number of hydrazine groups is 1. The van der Waals surface area contributed by atoms with Crippen molar-refractivity contribution in [1.82, 2.24) is 5.43 Å². The summed E-state index contributed by atoms with van der Waals surface area (Å²) in [5.74, 6) is 0.931. The van der Waals surface area contributed by atoms with Crippen LogP contribution in [-0.4, -0.2) is 7.11 Å². The van der Waals surface area contributed by atoms with Gasteiger partial charge in [-0.1, -0.05) is 30.3 Å². The van der Waals surface area contributed by atoms with E-state index >= 15 is 0 Å². The lowest BCUT2D eigenvalue weighted by Gasteiger charge is -2.12. The molecule has 0 aliphatic heterocycles. The Balaban J connectivity index is 1.96. The molecule has 0 heterocycles. The SMILES string of the molecule is COc1c(I)cccc1CNNc1ccccc1. The van der Waals surface area contributed by atoms with Crippen molar-refractivity contribution in [1.29, 1.82) is 0 Å². The molecule has 0 bridgehead atoms. The van der Waals surface area contributed by atoms with Crippen LogP contribution in [0.2, 0.25) is 0 Å². The highest BCUT2D eigenvalue weighted by atomic mass is 127. The Morgan fingerprint density at radius 2 is 1.83 bits per heavy atom. The smallest absolute Gasteiger partial charge is 0.136 e. The first-order chi connectivity index (χ1) is 8.81. The van der Waals surface area contributed by atoms with E-state index in [-0.39, 0.29) is 0 Å². The number of hydrogen-bond donors (Lipinski definition) is 2. The summed E-state index contributed by atoms with van der Waals surface area (Å²) >= 11 is 2.28. The Morgan fingerprint density at radius 3 is 2.56 bits per heavy atom. The molecule has 0 atom stereocenters. The molecule has 0 saturated carbocycles. The van der Waals surface area contributed by atoms with E-state index in [9.17, 15) is 0 Å². The number of anilines is 1. The second kappa shape index (κ2) is 6.61. The first-order valence-corrected chi connectivity index (χ1v) is 6.74. The van der Waals surface area contributed by atoms with Crippen molar-refractivity contribution < 1.29 is 4.74 Å². The van der Waals surface area contributed by atoms with Gasteiger partial charge in [-0.25, -0.2) is 5.43 Å². The predicted molar refractivity (Wildman–Crippen MR) is 82.6 cm³/mol. The van der Waals surface area contributed by atoms with Gasteiger partial charge in [-0.05, 0) is 40.8 Å². The van der Waals surface area contributed by atoms with Gasteiger partial charge in [-0.3, -0.25) is 0 Å². The fraction of sp³-hybridized carbons (Fsp3) is 0.143. The summed E-state index contributed by atoms with van der Waals surface area (Å²) in [7, 11) is 1.70. The second-order valence-electron chi connectivity index (χ2n) is 3.78. The number of benzene rings is 2. The molecule has 0 saturated heterocycles. The first-order valence-electron chi connectivity index (χ1n) is 5.66. The average molecular weight is 354 g/mol.